The van der Waals surface area contributed by atoms with Crippen molar-refractivity contribution in [2.75, 3.05) is 6.54 Å². The van der Waals surface area contributed by atoms with E-state index in [9.17, 15) is 0 Å². The minimum Gasteiger partial charge on any atom is -0.481 e. The molecule has 0 bridgehead atoms. The zero-order valence-corrected chi connectivity index (χ0v) is 13.9. The van der Waals surface area contributed by atoms with Crippen molar-refractivity contribution in [3.8, 4) is 5.75 Å². The Morgan fingerprint density at radius 2 is 2.19 bits per heavy atom. The number of hydrogen-bond acceptors (Lipinski definition) is 4. The molecule has 2 N–H and O–H groups in total. The Kier molecular flexibility index (Phi) is 4.24. The molecule has 21 heavy (non-hydrogen) atoms. The average molecular weight is 363 g/mol. The lowest BCUT2D eigenvalue weighted by molar-refractivity contribution is 0.220. The third kappa shape index (κ3) is 3.10. The summed E-state index contributed by atoms with van der Waals surface area (Å²) in [5, 5.41) is 3.11. The van der Waals surface area contributed by atoms with Crippen molar-refractivity contribution in [1.82, 2.24) is 4.98 Å². The number of halogens is 1. The maximum atomic E-state index is 6.13. The molecule has 5 heteroatoms. The Balaban J connectivity index is 1.98. The third-order valence-electron chi connectivity index (χ3n) is 3.21. The lowest BCUT2D eigenvalue weighted by atomic mass is 10.2. The van der Waals surface area contributed by atoms with Gasteiger partial charge in [-0.3, -0.25) is 0 Å². The van der Waals surface area contributed by atoms with Gasteiger partial charge in [0.25, 0.3) is 0 Å². The molecule has 3 rings (SSSR count). The summed E-state index contributed by atoms with van der Waals surface area (Å²) < 4.78 is 7.19. The summed E-state index contributed by atoms with van der Waals surface area (Å²) in [7, 11) is 0. The summed E-state index contributed by atoms with van der Waals surface area (Å²) in [5.74, 6) is 0.774. The van der Waals surface area contributed by atoms with Gasteiger partial charge >= 0.3 is 0 Å². The van der Waals surface area contributed by atoms with Crippen LogP contribution < -0.4 is 10.5 Å². The molecule has 3 aromatic rings. The van der Waals surface area contributed by atoms with Gasteiger partial charge in [-0.05, 0) is 41.1 Å². The Morgan fingerprint density at radius 1 is 1.33 bits per heavy atom. The number of rotatable bonds is 4. The summed E-state index contributed by atoms with van der Waals surface area (Å²) in [4.78, 5) is 5.70. The van der Waals surface area contributed by atoms with E-state index in [1.54, 1.807) is 11.3 Å². The van der Waals surface area contributed by atoms with Gasteiger partial charge in [-0.2, -0.15) is 0 Å². The predicted molar refractivity (Wildman–Crippen MR) is 90.9 cm³/mol. The van der Waals surface area contributed by atoms with E-state index in [0.717, 1.165) is 31.7 Å². The highest BCUT2D eigenvalue weighted by molar-refractivity contribution is 9.10. The normalized spacial score (nSPS) is 12.5. The van der Waals surface area contributed by atoms with Crippen molar-refractivity contribution in [3.05, 3.63) is 56.8 Å². The molecule has 108 valence electrons. The highest BCUT2D eigenvalue weighted by atomic mass is 79.9. The molecule has 3 nitrogen and oxygen atoms in total. The zero-order valence-electron chi connectivity index (χ0n) is 11.5. The topological polar surface area (TPSA) is 48.1 Å². The van der Waals surface area contributed by atoms with E-state index >= 15 is 0 Å². The minimum atomic E-state index is -0.158. The molecule has 0 spiro atoms. The largest absolute Gasteiger partial charge is 0.481 e. The van der Waals surface area contributed by atoms with E-state index in [-0.39, 0.29) is 6.10 Å². The molecule has 2 aromatic heterocycles. The first-order chi connectivity index (χ1) is 10.2. The second kappa shape index (κ2) is 6.13. The highest BCUT2D eigenvalue weighted by Gasteiger charge is 2.15. The van der Waals surface area contributed by atoms with Gasteiger partial charge in [0, 0.05) is 32.4 Å². The van der Waals surface area contributed by atoms with Crippen molar-refractivity contribution in [3.63, 3.8) is 0 Å². The number of pyridine rings is 1. The number of aromatic nitrogens is 1. The molecule has 1 aromatic carbocycles. The Bertz CT molecular complexity index is 772. The SMILES string of the molecule is Cc1ccc2cccc(OC(CN)c3cc(Br)cs3)c2n1. The first-order valence-corrected chi connectivity index (χ1v) is 8.31. The van der Waals surface area contributed by atoms with Crippen LogP contribution in [0.3, 0.4) is 0 Å². The fourth-order valence-electron chi connectivity index (χ4n) is 2.19. The summed E-state index contributed by atoms with van der Waals surface area (Å²) in [6.45, 7) is 2.40. The van der Waals surface area contributed by atoms with Crippen molar-refractivity contribution in [2.45, 2.75) is 13.0 Å². The first-order valence-electron chi connectivity index (χ1n) is 6.64. The van der Waals surface area contributed by atoms with Gasteiger partial charge in [-0.1, -0.05) is 18.2 Å². The van der Waals surface area contributed by atoms with Crippen LogP contribution in [-0.2, 0) is 0 Å². The standard InChI is InChI=1S/C16H15BrN2OS/c1-10-5-6-11-3-2-4-13(16(11)19-10)20-14(8-18)15-7-12(17)9-21-15/h2-7,9,14H,8,18H2,1H3. The van der Waals surface area contributed by atoms with Crippen LogP contribution in [0.25, 0.3) is 10.9 Å². The maximum absolute atomic E-state index is 6.13. The summed E-state index contributed by atoms with van der Waals surface area (Å²) >= 11 is 5.10. The number of para-hydroxylation sites is 1. The van der Waals surface area contributed by atoms with Gasteiger partial charge in [0.2, 0.25) is 0 Å². The van der Waals surface area contributed by atoms with E-state index < -0.39 is 0 Å². The number of benzene rings is 1. The van der Waals surface area contributed by atoms with Crippen LogP contribution in [0, 0.1) is 6.92 Å². The molecular weight excluding hydrogens is 348 g/mol. The van der Waals surface area contributed by atoms with Crippen LogP contribution in [0.5, 0.6) is 5.75 Å². The second-order valence-corrected chi connectivity index (χ2v) is 6.65. The van der Waals surface area contributed by atoms with E-state index in [1.165, 1.54) is 0 Å². The number of thiophene rings is 1. The Morgan fingerprint density at radius 3 is 2.90 bits per heavy atom. The number of aryl methyl sites for hydroxylation is 1. The molecule has 0 amide bonds. The third-order valence-corrected chi connectivity index (χ3v) is 5.00. The smallest absolute Gasteiger partial charge is 0.146 e. The fraction of sp³-hybridized carbons (Fsp3) is 0.188. The number of hydrogen-bond donors (Lipinski definition) is 1. The zero-order chi connectivity index (χ0) is 14.8. The molecule has 0 aliphatic heterocycles. The van der Waals surface area contributed by atoms with Gasteiger partial charge in [0.1, 0.15) is 17.4 Å². The summed E-state index contributed by atoms with van der Waals surface area (Å²) in [6.07, 6.45) is -0.158. The number of ether oxygens (including phenoxy) is 1. The average Bonchev–Trinajstić information content (AvgIpc) is 2.91. The fourth-order valence-corrected chi connectivity index (χ4v) is 3.67. The van der Waals surface area contributed by atoms with Crippen LogP contribution in [0.2, 0.25) is 0 Å². The van der Waals surface area contributed by atoms with Gasteiger partial charge in [-0.15, -0.1) is 11.3 Å². The van der Waals surface area contributed by atoms with Crippen molar-refractivity contribution in [1.29, 1.82) is 0 Å². The molecule has 0 aliphatic rings. The molecule has 2 heterocycles. The number of nitrogens with two attached hydrogens (primary N) is 1. The predicted octanol–water partition coefficient (Wildman–Crippen LogP) is 4.45. The molecule has 1 atom stereocenters. The molecule has 0 saturated carbocycles. The van der Waals surface area contributed by atoms with Gasteiger partial charge < -0.3 is 10.5 Å². The summed E-state index contributed by atoms with van der Waals surface area (Å²) in [5.41, 5.74) is 7.74. The van der Waals surface area contributed by atoms with E-state index in [4.69, 9.17) is 10.5 Å². The summed E-state index contributed by atoms with van der Waals surface area (Å²) in [6, 6.07) is 12.1. The van der Waals surface area contributed by atoms with Crippen LogP contribution in [0.1, 0.15) is 16.7 Å². The Labute approximate surface area is 135 Å². The van der Waals surface area contributed by atoms with Crippen LogP contribution >= 0.6 is 27.3 Å². The monoisotopic (exact) mass is 362 g/mol. The second-order valence-electron chi connectivity index (χ2n) is 4.79. The van der Waals surface area contributed by atoms with Gasteiger partial charge in [0.05, 0.1) is 0 Å². The highest BCUT2D eigenvalue weighted by Crippen LogP contribution is 2.31. The lowest BCUT2D eigenvalue weighted by Gasteiger charge is -2.17. The van der Waals surface area contributed by atoms with Crippen LogP contribution in [-0.4, -0.2) is 11.5 Å². The van der Waals surface area contributed by atoms with Crippen molar-refractivity contribution >= 4 is 38.2 Å². The van der Waals surface area contributed by atoms with Crippen LogP contribution in [0.4, 0.5) is 0 Å². The van der Waals surface area contributed by atoms with Gasteiger partial charge in [-0.25, -0.2) is 4.98 Å². The Hall–Kier alpha value is -1.43. The van der Waals surface area contributed by atoms with Crippen molar-refractivity contribution in [2.24, 2.45) is 5.73 Å². The molecule has 0 fully saturated rings. The molecule has 0 radical (unpaired) electrons. The number of fused-ring (bicyclic) bond motifs is 1. The van der Waals surface area contributed by atoms with Crippen LogP contribution in [0.15, 0.2) is 46.3 Å². The molecule has 0 saturated heterocycles. The maximum Gasteiger partial charge on any atom is 0.146 e. The first kappa shape index (κ1) is 14.5. The van der Waals surface area contributed by atoms with Crippen molar-refractivity contribution < 1.29 is 4.74 Å². The molecule has 0 aliphatic carbocycles. The van der Waals surface area contributed by atoms with Gasteiger partial charge in [0.15, 0.2) is 0 Å². The van der Waals surface area contributed by atoms with E-state index in [2.05, 4.69) is 27.0 Å². The van der Waals surface area contributed by atoms with E-state index in [1.807, 2.05) is 42.6 Å². The quantitative estimate of drug-likeness (QED) is 0.745. The molecular formula is C16H15BrN2OS. The lowest BCUT2D eigenvalue weighted by Crippen LogP contribution is -2.17. The van der Waals surface area contributed by atoms with E-state index in [0.29, 0.717) is 6.54 Å². The molecule has 1 unspecified atom stereocenters. The number of nitrogens with zero attached hydrogens (tertiary/aromatic N) is 1. The minimum absolute atomic E-state index is 0.158.